The Balaban J connectivity index is 1.78. The Bertz CT molecular complexity index is 429. The van der Waals surface area contributed by atoms with E-state index in [0.29, 0.717) is 18.1 Å². The largest absolute Gasteiger partial charge is 0.381 e. The average molecular weight is 260 g/mol. The SMILES string of the molecule is CNC1c2ccccc2CC1N(C)C1CCOCC1. The van der Waals surface area contributed by atoms with Crippen LogP contribution in [0.25, 0.3) is 0 Å². The molecule has 104 valence electrons. The van der Waals surface area contributed by atoms with Crippen LogP contribution in [0.2, 0.25) is 0 Å². The zero-order valence-corrected chi connectivity index (χ0v) is 11.9. The second kappa shape index (κ2) is 5.61. The molecule has 0 bridgehead atoms. The van der Waals surface area contributed by atoms with Crippen LogP contribution in [0.5, 0.6) is 0 Å². The molecular formula is C16H24N2O. The van der Waals surface area contributed by atoms with Crippen LogP contribution in [-0.2, 0) is 11.2 Å². The van der Waals surface area contributed by atoms with Gasteiger partial charge in [-0.25, -0.2) is 0 Å². The Kier molecular flexibility index (Phi) is 3.87. The third kappa shape index (κ3) is 2.42. The van der Waals surface area contributed by atoms with Crippen molar-refractivity contribution < 1.29 is 4.74 Å². The summed E-state index contributed by atoms with van der Waals surface area (Å²) in [5, 5.41) is 3.52. The van der Waals surface area contributed by atoms with Crippen molar-refractivity contribution in [1.29, 1.82) is 0 Å². The minimum absolute atomic E-state index is 0.462. The summed E-state index contributed by atoms with van der Waals surface area (Å²) in [6.07, 6.45) is 3.50. The van der Waals surface area contributed by atoms with Crippen molar-refractivity contribution in [2.45, 2.75) is 37.4 Å². The summed E-state index contributed by atoms with van der Waals surface area (Å²) in [6, 6.07) is 10.6. The number of likely N-dealkylation sites (N-methyl/N-ethyl adjacent to an activating group) is 2. The molecule has 3 rings (SSSR count). The molecular weight excluding hydrogens is 236 g/mol. The van der Waals surface area contributed by atoms with Gasteiger partial charge in [0.25, 0.3) is 0 Å². The molecule has 3 nitrogen and oxygen atoms in total. The first-order valence-corrected chi connectivity index (χ1v) is 7.36. The van der Waals surface area contributed by atoms with E-state index in [9.17, 15) is 0 Å². The van der Waals surface area contributed by atoms with Gasteiger partial charge in [-0.3, -0.25) is 4.90 Å². The third-order valence-electron chi connectivity index (χ3n) is 4.80. The van der Waals surface area contributed by atoms with Crippen molar-refractivity contribution >= 4 is 0 Å². The number of hydrogen-bond donors (Lipinski definition) is 1. The number of fused-ring (bicyclic) bond motifs is 1. The summed E-state index contributed by atoms with van der Waals surface area (Å²) in [5.41, 5.74) is 2.99. The van der Waals surface area contributed by atoms with Crippen molar-refractivity contribution in [3.8, 4) is 0 Å². The quantitative estimate of drug-likeness (QED) is 0.899. The first-order chi connectivity index (χ1) is 9.31. The van der Waals surface area contributed by atoms with Gasteiger partial charge in [-0.2, -0.15) is 0 Å². The highest BCUT2D eigenvalue weighted by Crippen LogP contribution is 2.35. The van der Waals surface area contributed by atoms with Gasteiger partial charge in [-0.15, -0.1) is 0 Å². The lowest BCUT2D eigenvalue weighted by molar-refractivity contribution is 0.0242. The predicted molar refractivity (Wildman–Crippen MR) is 77.3 cm³/mol. The summed E-state index contributed by atoms with van der Waals surface area (Å²) in [4.78, 5) is 2.59. The van der Waals surface area contributed by atoms with Gasteiger partial charge in [0.05, 0.1) is 0 Å². The molecule has 1 fully saturated rings. The minimum Gasteiger partial charge on any atom is -0.381 e. The van der Waals surface area contributed by atoms with Gasteiger partial charge >= 0.3 is 0 Å². The van der Waals surface area contributed by atoms with E-state index in [1.807, 2.05) is 0 Å². The van der Waals surface area contributed by atoms with Crippen molar-refractivity contribution in [2.24, 2.45) is 0 Å². The number of nitrogens with one attached hydrogen (secondary N) is 1. The van der Waals surface area contributed by atoms with Crippen LogP contribution < -0.4 is 5.32 Å². The molecule has 0 aromatic heterocycles. The van der Waals surface area contributed by atoms with Crippen LogP contribution >= 0.6 is 0 Å². The van der Waals surface area contributed by atoms with Crippen molar-refractivity contribution in [3.63, 3.8) is 0 Å². The molecule has 1 aromatic rings. The normalized spacial score (nSPS) is 27.7. The number of hydrogen-bond acceptors (Lipinski definition) is 3. The fraction of sp³-hybridized carbons (Fsp3) is 0.625. The summed E-state index contributed by atoms with van der Waals surface area (Å²) in [7, 11) is 4.37. The summed E-state index contributed by atoms with van der Waals surface area (Å²) < 4.78 is 5.49. The van der Waals surface area contributed by atoms with Crippen LogP contribution in [-0.4, -0.2) is 44.3 Å². The summed E-state index contributed by atoms with van der Waals surface area (Å²) in [6.45, 7) is 1.83. The van der Waals surface area contributed by atoms with E-state index in [-0.39, 0.29) is 0 Å². The summed E-state index contributed by atoms with van der Waals surface area (Å²) >= 11 is 0. The van der Waals surface area contributed by atoms with E-state index in [2.05, 4.69) is 48.6 Å². The molecule has 0 amide bonds. The van der Waals surface area contributed by atoms with Crippen LogP contribution in [0.15, 0.2) is 24.3 Å². The molecule has 19 heavy (non-hydrogen) atoms. The maximum atomic E-state index is 5.49. The predicted octanol–water partition coefficient (Wildman–Crippen LogP) is 1.98. The lowest BCUT2D eigenvalue weighted by atomic mass is 10.0. The zero-order chi connectivity index (χ0) is 13.2. The Morgan fingerprint density at radius 2 is 1.95 bits per heavy atom. The highest BCUT2D eigenvalue weighted by atomic mass is 16.5. The average Bonchev–Trinajstić information content (AvgIpc) is 2.85. The smallest absolute Gasteiger partial charge is 0.0481 e. The van der Waals surface area contributed by atoms with Crippen LogP contribution in [0.4, 0.5) is 0 Å². The van der Waals surface area contributed by atoms with E-state index in [1.54, 1.807) is 0 Å². The van der Waals surface area contributed by atoms with Crippen molar-refractivity contribution in [2.75, 3.05) is 27.3 Å². The standard InChI is InChI=1S/C16H24N2O/c1-17-16-14-6-4-3-5-12(14)11-15(16)18(2)13-7-9-19-10-8-13/h3-6,13,15-17H,7-11H2,1-2H3. The molecule has 2 atom stereocenters. The van der Waals surface area contributed by atoms with E-state index < -0.39 is 0 Å². The van der Waals surface area contributed by atoms with E-state index in [4.69, 9.17) is 4.74 Å². The molecule has 1 aliphatic heterocycles. The number of benzene rings is 1. The summed E-state index contributed by atoms with van der Waals surface area (Å²) in [5.74, 6) is 0. The lowest BCUT2D eigenvalue weighted by Crippen LogP contribution is -2.47. The Morgan fingerprint density at radius 1 is 1.21 bits per heavy atom. The Morgan fingerprint density at radius 3 is 2.68 bits per heavy atom. The van der Waals surface area contributed by atoms with Crippen LogP contribution in [0.3, 0.4) is 0 Å². The maximum Gasteiger partial charge on any atom is 0.0481 e. The van der Waals surface area contributed by atoms with Crippen LogP contribution in [0.1, 0.15) is 30.0 Å². The zero-order valence-electron chi connectivity index (χ0n) is 11.9. The first kappa shape index (κ1) is 13.1. The molecule has 2 aliphatic rings. The molecule has 1 N–H and O–H groups in total. The maximum absolute atomic E-state index is 5.49. The topological polar surface area (TPSA) is 24.5 Å². The fourth-order valence-corrected chi connectivity index (χ4v) is 3.66. The van der Waals surface area contributed by atoms with Crippen molar-refractivity contribution in [3.05, 3.63) is 35.4 Å². The molecule has 2 unspecified atom stereocenters. The molecule has 1 heterocycles. The second-order valence-electron chi connectivity index (χ2n) is 5.75. The van der Waals surface area contributed by atoms with E-state index >= 15 is 0 Å². The molecule has 0 saturated carbocycles. The number of nitrogens with zero attached hydrogens (tertiary/aromatic N) is 1. The van der Waals surface area contributed by atoms with Gasteiger partial charge in [0.1, 0.15) is 0 Å². The number of rotatable bonds is 3. The molecule has 1 saturated heterocycles. The third-order valence-corrected chi connectivity index (χ3v) is 4.80. The minimum atomic E-state index is 0.462. The van der Waals surface area contributed by atoms with Gasteiger partial charge in [-0.05, 0) is 44.5 Å². The highest BCUT2D eigenvalue weighted by Gasteiger charge is 2.36. The second-order valence-corrected chi connectivity index (χ2v) is 5.75. The van der Waals surface area contributed by atoms with Crippen molar-refractivity contribution in [1.82, 2.24) is 10.2 Å². The van der Waals surface area contributed by atoms with Gasteiger partial charge in [0.15, 0.2) is 0 Å². The molecule has 0 spiro atoms. The monoisotopic (exact) mass is 260 g/mol. The van der Waals surface area contributed by atoms with Gasteiger partial charge in [0, 0.05) is 31.3 Å². The Labute approximate surface area is 115 Å². The van der Waals surface area contributed by atoms with E-state index in [1.165, 1.54) is 24.0 Å². The Hall–Kier alpha value is -0.900. The van der Waals surface area contributed by atoms with Gasteiger partial charge < -0.3 is 10.1 Å². The molecule has 1 aliphatic carbocycles. The number of ether oxygens (including phenoxy) is 1. The first-order valence-electron chi connectivity index (χ1n) is 7.36. The molecule has 3 heteroatoms. The molecule has 0 radical (unpaired) electrons. The van der Waals surface area contributed by atoms with Gasteiger partial charge in [0.2, 0.25) is 0 Å². The fourth-order valence-electron chi connectivity index (χ4n) is 3.66. The van der Waals surface area contributed by atoms with E-state index in [0.717, 1.165) is 19.6 Å². The lowest BCUT2D eigenvalue weighted by Gasteiger charge is -2.38. The molecule has 1 aromatic carbocycles. The highest BCUT2D eigenvalue weighted by molar-refractivity contribution is 5.37. The van der Waals surface area contributed by atoms with Gasteiger partial charge in [-0.1, -0.05) is 24.3 Å². The van der Waals surface area contributed by atoms with Crippen LogP contribution in [0, 0.1) is 0 Å².